The molecule has 11 heteroatoms. The number of halogens is 3. The summed E-state index contributed by atoms with van der Waals surface area (Å²) < 4.78 is 41.7. The Hall–Kier alpha value is -4.28. The molecule has 0 radical (unpaired) electrons. The molecule has 0 saturated heterocycles. The zero-order valence-electron chi connectivity index (χ0n) is 21.4. The van der Waals surface area contributed by atoms with Crippen LogP contribution in [0.25, 0.3) is 22.5 Å². The maximum Gasteiger partial charge on any atom is 0.416 e. The van der Waals surface area contributed by atoms with Crippen LogP contribution in [0.5, 0.6) is 0 Å². The number of hydrogen-bond acceptors (Lipinski definition) is 6. The molecule has 1 spiro atoms. The van der Waals surface area contributed by atoms with Gasteiger partial charge in [-0.2, -0.15) is 18.2 Å². The minimum absolute atomic E-state index is 0.0855. The van der Waals surface area contributed by atoms with Gasteiger partial charge in [-0.05, 0) is 61.2 Å². The van der Waals surface area contributed by atoms with Crippen molar-refractivity contribution < 1.29 is 18.0 Å². The first-order chi connectivity index (χ1) is 18.7. The van der Waals surface area contributed by atoms with Gasteiger partial charge < -0.3 is 15.2 Å². The van der Waals surface area contributed by atoms with Gasteiger partial charge in [0.15, 0.2) is 0 Å². The van der Waals surface area contributed by atoms with E-state index in [2.05, 4.69) is 30.2 Å². The highest BCUT2D eigenvalue weighted by Crippen LogP contribution is 2.49. The van der Waals surface area contributed by atoms with E-state index in [4.69, 9.17) is 4.98 Å². The second-order valence-corrected chi connectivity index (χ2v) is 10.1. The number of aromatic nitrogens is 4. The second kappa shape index (κ2) is 9.18. The fourth-order valence-corrected chi connectivity index (χ4v) is 5.73. The molecule has 2 aromatic rings. The second-order valence-electron chi connectivity index (χ2n) is 10.1. The van der Waals surface area contributed by atoms with Crippen molar-refractivity contribution in [3.8, 4) is 22.5 Å². The van der Waals surface area contributed by atoms with Crippen LogP contribution in [0.1, 0.15) is 47.3 Å². The van der Waals surface area contributed by atoms with Crippen molar-refractivity contribution >= 4 is 17.4 Å². The molecule has 200 valence electrons. The van der Waals surface area contributed by atoms with Gasteiger partial charge in [-0.1, -0.05) is 18.9 Å². The third-order valence-corrected chi connectivity index (χ3v) is 7.67. The average molecular weight is 534 g/mol. The summed E-state index contributed by atoms with van der Waals surface area (Å²) in [6.45, 7) is 2.77. The van der Waals surface area contributed by atoms with E-state index in [-0.39, 0.29) is 11.2 Å². The Morgan fingerprint density at radius 3 is 2.64 bits per heavy atom. The van der Waals surface area contributed by atoms with Gasteiger partial charge in [-0.3, -0.25) is 14.8 Å². The van der Waals surface area contributed by atoms with Crippen molar-refractivity contribution in [3.05, 3.63) is 71.2 Å². The van der Waals surface area contributed by atoms with Crippen LogP contribution in [0.2, 0.25) is 0 Å². The molecule has 4 heterocycles. The highest BCUT2D eigenvalue weighted by molar-refractivity contribution is 6.03. The number of fused-ring (bicyclic) bond motifs is 4. The quantitative estimate of drug-likeness (QED) is 0.375. The minimum Gasteiger partial charge on any atom is -0.369 e. The van der Waals surface area contributed by atoms with Crippen molar-refractivity contribution in [1.82, 2.24) is 19.5 Å². The van der Waals surface area contributed by atoms with Crippen LogP contribution in [0.4, 0.5) is 24.7 Å². The summed E-state index contributed by atoms with van der Waals surface area (Å²) in [5.41, 5.74) is 3.21. The molecular weight excluding hydrogens is 507 g/mol. The van der Waals surface area contributed by atoms with Crippen LogP contribution < -0.4 is 16.3 Å². The molecule has 8 nitrogen and oxygen atoms in total. The number of anilines is 2. The van der Waals surface area contributed by atoms with E-state index in [1.54, 1.807) is 19.3 Å². The molecule has 1 amide bonds. The van der Waals surface area contributed by atoms with Crippen LogP contribution >= 0.6 is 0 Å². The predicted molar refractivity (Wildman–Crippen MR) is 140 cm³/mol. The van der Waals surface area contributed by atoms with Gasteiger partial charge in [0.25, 0.3) is 5.91 Å². The third kappa shape index (κ3) is 4.31. The molecule has 1 fully saturated rings. The lowest BCUT2D eigenvalue weighted by Gasteiger charge is -2.29. The molecule has 0 unspecified atom stereocenters. The van der Waals surface area contributed by atoms with Crippen LogP contribution in [-0.2, 0) is 11.7 Å². The van der Waals surface area contributed by atoms with Gasteiger partial charge in [0.05, 0.1) is 11.1 Å². The number of aryl methyl sites for hydroxylation is 1. The molecule has 1 aromatic carbocycles. The van der Waals surface area contributed by atoms with E-state index in [9.17, 15) is 18.0 Å². The number of benzene rings is 1. The Balaban J connectivity index is 1.44. The molecule has 1 aromatic heterocycles. The van der Waals surface area contributed by atoms with Crippen LogP contribution in [0, 0.1) is 6.92 Å². The molecule has 0 bridgehead atoms. The van der Waals surface area contributed by atoms with Crippen LogP contribution in [0.3, 0.4) is 0 Å². The molecule has 1 aliphatic carbocycles. The summed E-state index contributed by atoms with van der Waals surface area (Å²) >= 11 is 0. The number of amides is 1. The maximum absolute atomic E-state index is 13.1. The average Bonchev–Trinajstić information content (AvgIpc) is 3.56. The van der Waals surface area contributed by atoms with E-state index in [0.29, 0.717) is 11.3 Å². The number of carbonyl (C=O) groups is 1. The Morgan fingerprint density at radius 1 is 1.10 bits per heavy atom. The third-order valence-electron chi connectivity index (χ3n) is 7.67. The number of rotatable bonds is 3. The molecule has 39 heavy (non-hydrogen) atoms. The van der Waals surface area contributed by atoms with Gasteiger partial charge in [0, 0.05) is 42.8 Å². The zero-order valence-corrected chi connectivity index (χ0v) is 21.4. The number of hydrogen-bond donors (Lipinski definition) is 2. The van der Waals surface area contributed by atoms with Crippen LogP contribution in [-0.4, -0.2) is 39.0 Å². The fraction of sp³-hybridized carbons (Fsp3) is 0.321. The van der Waals surface area contributed by atoms with E-state index in [1.807, 2.05) is 25.1 Å². The largest absolute Gasteiger partial charge is 0.416 e. The number of pyridine rings is 2. The zero-order chi connectivity index (χ0) is 27.4. The van der Waals surface area contributed by atoms with E-state index < -0.39 is 17.6 Å². The monoisotopic (exact) mass is 533 g/mol. The molecule has 6 rings (SSSR count). The summed E-state index contributed by atoms with van der Waals surface area (Å²) in [7, 11) is 1.67. The molecule has 4 aliphatic rings. The maximum atomic E-state index is 13.1. The molecule has 0 atom stereocenters. The topological polar surface area (TPSA) is 97.1 Å². The molecule has 1 saturated carbocycles. The van der Waals surface area contributed by atoms with Crippen molar-refractivity contribution in [2.24, 2.45) is 4.99 Å². The summed E-state index contributed by atoms with van der Waals surface area (Å²) in [5.74, 6) is 1.05. The summed E-state index contributed by atoms with van der Waals surface area (Å²) in [4.78, 5) is 30.0. The SMILES string of the molecule is CN=c1ncc2cc(-c3cc(NC(=O)c4cc(C(F)(F)F)ccn4)ccc3C)c3n(c-2n1)C1(CCCC1)CN3. The Bertz CT molecular complexity index is 1640. The highest BCUT2D eigenvalue weighted by atomic mass is 19.4. The van der Waals surface area contributed by atoms with Crippen molar-refractivity contribution in [2.45, 2.75) is 44.3 Å². The van der Waals surface area contributed by atoms with Gasteiger partial charge >= 0.3 is 6.18 Å². The first-order valence-electron chi connectivity index (χ1n) is 12.7. The van der Waals surface area contributed by atoms with Gasteiger partial charge in [-0.15, -0.1) is 0 Å². The highest BCUT2D eigenvalue weighted by Gasteiger charge is 2.44. The van der Waals surface area contributed by atoms with Crippen molar-refractivity contribution in [2.75, 3.05) is 24.2 Å². The lowest BCUT2D eigenvalue weighted by Crippen LogP contribution is -2.33. The smallest absolute Gasteiger partial charge is 0.369 e. The number of nitrogens with zero attached hydrogens (tertiary/aromatic N) is 5. The Kier molecular flexibility index (Phi) is 5.89. The lowest BCUT2D eigenvalue weighted by atomic mass is 9.95. The molecule has 3 aliphatic heterocycles. The molecular formula is C28H26F3N7O. The van der Waals surface area contributed by atoms with Crippen molar-refractivity contribution in [3.63, 3.8) is 0 Å². The normalized spacial score (nSPS) is 16.5. The first-order valence-corrected chi connectivity index (χ1v) is 12.7. The number of nitrogens with one attached hydrogen (secondary N) is 2. The summed E-state index contributed by atoms with van der Waals surface area (Å²) in [6, 6.07) is 9.05. The predicted octanol–water partition coefficient (Wildman–Crippen LogP) is 5.25. The Morgan fingerprint density at radius 2 is 1.90 bits per heavy atom. The van der Waals surface area contributed by atoms with E-state index >= 15 is 0 Å². The van der Waals surface area contributed by atoms with Gasteiger partial charge in [-0.25, -0.2) is 4.98 Å². The minimum atomic E-state index is -4.57. The summed E-state index contributed by atoms with van der Waals surface area (Å²) in [5, 5.41) is 6.34. The fourth-order valence-electron chi connectivity index (χ4n) is 5.73. The number of carbonyl (C=O) groups excluding carboxylic acids is 1. The van der Waals surface area contributed by atoms with Gasteiger partial charge in [0.2, 0.25) is 5.62 Å². The first kappa shape index (κ1) is 25.0. The Labute approximate surface area is 222 Å². The summed E-state index contributed by atoms with van der Waals surface area (Å²) in [6.07, 6.45) is 2.55. The standard InChI is InChI=1S/C28H26F3N7O/c1-16-5-6-19(36-25(39)22-12-18(7-10-33-22)28(29,30)31)13-20(16)21-11-17-14-34-26(32-2)37-23(17)38-24(21)35-15-27(38)8-3-4-9-27/h5-7,10-14,35H,3-4,8-9,15H2,1-2H3,(H,36,39). The van der Waals surface area contributed by atoms with Gasteiger partial charge in [0.1, 0.15) is 17.3 Å². The van der Waals surface area contributed by atoms with Crippen LogP contribution in [0.15, 0.2) is 53.8 Å². The van der Waals surface area contributed by atoms with E-state index in [1.165, 1.54) is 0 Å². The lowest BCUT2D eigenvalue weighted by molar-refractivity contribution is -0.137. The number of alkyl halides is 3. The molecule has 2 N–H and O–H groups in total. The van der Waals surface area contributed by atoms with Crippen molar-refractivity contribution in [1.29, 1.82) is 0 Å². The van der Waals surface area contributed by atoms with E-state index in [0.717, 1.165) is 84.5 Å².